The Morgan fingerprint density at radius 3 is 2.94 bits per heavy atom. The highest BCUT2D eigenvalue weighted by Crippen LogP contribution is 2.26. The van der Waals surface area contributed by atoms with Crippen LogP contribution in [0.25, 0.3) is 0 Å². The fourth-order valence-corrected chi connectivity index (χ4v) is 2.92. The van der Waals surface area contributed by atoms with Gasteiger partial charge in [0.05, 0.1) is 16.4 Å². The van der Waals surface area contributed by atoms with Crippen molar-refractivity contribution in [1.82, 2.24) is 10.6 Å². The second kappa shape index (κ2) is 6.59. The summed E-state index contributed by atoms with van der Waals surface area (Å²) in [6.07, 6.45) is 2.01. The molecule has 1 aliphatic rings. The van der Waals surface area contributed by atoms with E-state index in [9.17, 15) is 4.79 Å². The molecule has 6 heteroatoms. The Morgan fingerprint density at radius 1 is 1.65 bits per heavy atom. The molecule has 2 atom stereocenters. The van der Waals surface area contributed by atoms with E-state index in [1.807, 2.05) is 19.1 Å². The van der Waals surface area contributed by atoms with E-state index in [0.29, 0.717) is 0 Å². The zero-order valence-electron chi connectivity index (χ0n) is 9.53. The first-order chi connectivity index (χ1) is 7.66. The Balaban J connectivity index is 0.00000144. The van der Waals surface area contributed by atoms with E-state index in [2.05, 4.69) is 10.6 Å². The molecular weight excluding hydrogens is 279 g/mol. The Bertz CT molecular complexity index is 377. The fourth-order valence-electron chi connectivity index (χ4n) is 1.85. The molecule has 0 radical (unpaired) electrons. The standard InChI is InChI=1S/C11H15ClN2OS.ClH/c1-7(9-4-5-10(12)16-9)14-11(15)8-3-2-6-13-8;/h4-5,7-8,13H,2-3,6H2,1H3,(H,14,15);1H/t7?,8-;/m0./s1. The van der Waals surface area contributed by atoms with Gasteiger partial charge in [-0.25, -0.2) is 0 Å². The van der Waals surface area contributed by atoms with E-state index in [-0.39, 0.29) is 30.4 Å². The van der Waals surface area contributed by atoms with Gasteiger partial charge in [-0.3, -0.25) is 4.79 Å². The molecule has 1 aromatic heterocycles. The third-order valence-corrected chi connectivity index (χ3v) is 4.17. The first kappa shape index (κ1) is 14.8. The number of amides is 1. The number of halogens is 2. The van der Waals surface area contributed by atoms with E-state index < -0.39 is 0 Å². The fraction of sp³-hybridized carbons (Fsp3) is 0.545. The van der Waals surface area contributed by atoms with Gasteiger partial charge in [-0.2, -0.15) is 0 Å². The minimum atomic E-state index is -0.0158. The molecule has 1 saturated heterocycles. The summed E-state index contributed by atoms with van der Waals surface area (Å²) in [5, 5.41) is 6.19. The summed E-state index contributed by atoms with van der Waals surface area (Å²) in [5.74, 6) is 0.0922. The van der Waals surface area contributed by atoms with Crippen LogP contribution in [0, 0.1) is 0 Å². The maximum Gasteiger partial charge on any atom is 0.237 e. The predicted octanol–water partition coefficient (Wildman–Crippen LogP) is 2.75. The van der Waals surface area contributed by atoms with Crippen LogP contribution in [0.1, 0.15) is 30.7 Å². The highest BCUT2D eigenvalue weighted by molar-refractivity contribution is 7.16. The normalized spacial score (nSPS) is 20.7. The van der Waals surface area contributed by atoms with Crippen molar-refractivity contribution in [3.05, 3.63) is 21.3 Å². The average molecular weight is 295 g/mol. The molecule has 1 aliphatic heterocycles. The number of rotatable bonds is 3. The lowest BCUT2D eigenvalue weighted by molar-refractivity contribution is -0.123. The molecule has 3 nitrogen and oxygen atoms in total. The molecular formula is C11H16Cl2N2OS. The third-order valence-electron chi connectivity index (χ3n) is 2.76. The van der Waals surface area contributed by atoms with Gasteiger partial charge in [0.1, 0.15) is 0 Å². The Hall–Kier alpha value is -0.290. The van der Waals surface area contributed by atoms with Crippen molar-refractivity contribution < 1.29 is 4.79 Å². The maximum absolute atomic E-state index is 11.8. The van der Waals surface area contributed by atoms with Crippen LogP contribution >= 0.6 is 35.3 Å². The number of nitrogens with one attached hydrogen (secondary N) is 2. The van der Waals surface area contributed by atoms with E-state index in [4.69, 9.17) is 11.6 Å². The number of thiophene rings is 1. The smallest absolute Gasteiger partial charge is 0.237 e. The molecule has 0 bridgehead atoms. The zero-order chi connectivity index (χ0) is 11.5. The Labute approximate surface area is 116 Å². The molecule has 1 fully saturated rings. The van der Waals surface area contributed by atoms with Crippen LogP contribution in [0.2, 0.25) is 4.34 Å². The number of hydrogen-bond acceptors (Lipinski definition) is 3. The first-order valence-corrected chi connectivity index (χ1v) is 6.65. The van der Waals surface area contributed by atoms with E-state index in [0.717, 1.165) is 28.6 Å². The highest BCUT2D eigenvalue weighted by Gasteiger charge is 2.23. The van der Waals surface area contributed by atoms with Crippen molar-refractivity contribution in [3.8, 4) is 0 Å². The molecule has 1 aromatic rings. The molecule has 1 unspecified atom stereocenters. The lowest BCUT2D eigenvalue weighted by Gasteiger charge is -2.15. The zero-order valence-corrected chi connectivity index (χ0v) is 11.9. The quantitative estimate of drug-likeness (QED) is 0.900. The van der Waals surface area contributed by atoms with Gasteiger partial charge >= 0.3 is 0 Å². The molecule has 96 valence electrons. The summed E-state index contributed by atoms with van der Waals surface area (Å²) in [6.45, 7) is 2.92. The van der Waals surface area contributed by atoms with Gasteiger partial charge in [-0.05, 0) is 38.4 Å². The van der Waals surface area contributed by atoms with Gasteiger partial charge in [-0.15, -0.1) is 23.7 Å². The lowest BCUT2D eigenvalue weighted by Crippen LogP contribution is -2.41. The second-order valence-corrected chi connectivity index (χ2v) is 5.77. The number of carbonyl (C=O) groups is 1. The number of carbonyl (C=O) groups excluding carboxylic acids is 1. The monoisotopic (exact) mass is 294 g/mol. The molecule has 0 saturated carbocycles. The summed E-state index contributed by atoms with van der Waals surface area (Å²) >= 11 is 7.37. The van der Waals surface area contributed by atoms with E-state index in [1.165, 1.54) is 11.3 Å². The summed E-state index contributed by atoms with van der Waals surface area (Å²) in [5.41, 5.74) is 0. The van der Waals surface area contributed by atoms with Gasteiger partial charge in [0.25, 0.3) is 0 Å². The largest absolute Gasteiger partial charge is 0.347 e. The van der Waals surface area contributed by atoms with Crippen LogP contribution in [0.4, 0.5) is 0 Å². The number of hydrogen-bond donors (Lipinski definition) is 2. The van der Waals surface area contributed by atoms with Crippen molar-refractivity contribution in [1.29, 1.82) is 0 Å². The molecule has 1 amide bonds. The van der Waals surface area contributed by atoms with Gasteiger partial charge in [-0.1, -0.05) is 11.6 Å². The van der Waals surface area contributed by atoms with Crippen molar-refractivity contribution >= 4 is 41.3 Å². The van der Waals surface area contributed by atoms with E-state index in [1.54, 1.807) is 0 Å². The highest BCUT2D eigenvalue weighted by atomic mass is 35.5. The molecule has 17 heavy (non-hydrogen) atoms. The third kappa shape index (κ3) is 3.85. The summed E-state index contributed by atoms with van der Waals surface area (Å²) in [4.78, 5) is 12.9. The summed E-state index contributed by atoms with van der Waals surface area (Å²) < 4.78 is 0.759. The van der Waals surface area contributed by atoms with Gasteiger partial charge in [0.15, 0.2) is 0 Å². The SMILES string of the molecule is CC(NC(=O)[C@@H]1CCCN1)c1ccc(Cl)s1.Cl. The Kier molecular flexibility index (Phi) is 5.73. The topological polar surface area (TPSA) is 41.1 Å². The summed E-state index contributed by atoms with van der Waals surface area (Å²) in [7, 11) is 0. The first-order valence-electron chi connectivity index (χ1n) is 5.46. The Morgan fingerprint density at radius 2 is 2.41 bits per heavy atom. The van der Waals surface area contributed by atoms with Gasteiger partial charge < -0.3 is 10.6 Å². The molecule has 0 aliphatic carbocycles. The van der Waals surface area contributed by atoms with Crippen LogP contribution in [0.15, 0.2) is 12.1 Å². The van der Waals surface area contributed by atoms with Crippen LogP contribution < -0.4 is 10.6 Å². The minimum absolute atomic E-state index is 0. The van der Waals surface area contributed by atoms with Crippen LogP contribution in [0.3, 0.4) is 0 Å². The van der Waals surface area contributed by atoms with Gasteiger partial charge in [0, 0.05) is 4.88 Å². The average Bonchev–Trinajstić information content (AvgIpc) is 2.87. The molecule has 2 heterocycles. The van der Waals surface area contributed by atoms with Crippen LogP contribution in [-0.2, 0) is 4.79 Å². The predicted molar refractivity (Wildman–Crippen MR) is 74.2 cm³/mol. The van der Waals surface area contributed by atoms with Crippen LogP contribution in [0.5, 0.6) is 0 Å². The lowest BCUT2D eigenvalue weighted by atomic mass is 10.2. The second-order valence-electron chi connectivity index (χ2n) is 4.02. The van der Waals surface area contributed by atoms with Crippen molar-refractivity contribution in [2.75, 3.05) is 6.54 Å². The minimum Gasteiger partial charge on any atom is -0.347 e. The van der Waals surface area contributed by atoms with Crippen molar-refractivity contribution in [2.45, 2.75) is 31.8 Å². The summed E-state index contributed by atoms with van der Waals surface area (Å²) in [6, 6.07) is 3.84. The van der Waals surface area contributed by atoms with Gasteiger partial charge in [0.2, 0.25) is 5.91 Å². The molecule has 2 rings (SSSR count). The molecule has 2 N–H and O–H groups in total. The van der Waals surface area contributed by atoms with Crippen molar-refractivity contribution in [3.63, 3.8) is 0 Å². The molecule has 0 spiro atoms. The van der Waals surface area contributed by atoms with Crippen LogP contribution in [-0.4, -0.2) is 18.5 Å². The molecule has 0 aromatic carbocycles. The van der Waals surface area contributed by atoms with E-state index >= 15 is 0 Å². The maximum atomic E-state index is 11.8. The van der Waals surface area contributed by atoms with Crippen molar-refractivity contribution in [2.24, 2.45) is 0 Å².